The van der Waals surface area contributed by atoms with Gasteiger partial charge in [-0.3, -0.25) is 4.79 Å². The molecular weight excluding hydrogens is 204 g/mol. The first-order chi connectivity index (χ1) is 7.70. The van der Waals surface area contributed by atoms with Gasteiger partial charge in [0.05, 0.1) is 18.8 Å². The molecule has 84 valence electrons. The van der Waals surface area contributed by atoms with E-state index in [0.29, 0.717) is 6.54 Å². The molecule has 5 nitrogen and oxygen atoms in total. The molecule has 0 fully saturated rings. The highest BCUT2D eigenvalue weighted by Gasteiger charge is 2.04. The molecule has 5 heteroatoms. The topological polar surface area (TPSA) is 72.4 Å². The molecule has 1 amide bonds. The smallest absolute Gasteiger partial charge is 0.234 e. The van der Waals surface area contributed by atoms with Crippen LogP contribution in [0.2, 0.25) is 0 Å². The molecule has 0 spiro atoms. The number of nitrogens with zero attached hydrogens (tertiary/aromatic N) is 2. The minimum Gasteiger partial charge on any atom is -0.349 e. The van der Waals surface area contributed by atoms with Crippen molar-refractivity contribution in [1.29, 1.82) is 0 Å². The van der Waals surface area contributed by atoms with E-state index in [1.807, 2.05) is 35.9 Å². The number of carbonyl (C=O) groups is 1. The standard InChI is InChI=1S/C11H14N4O/c1-8-3-2-4-15-7-9(14-11(8)15)6-13-10(16)5-12/h2-4,7H,5-6,12H2,1H3,(H,13,16). The molecule has 0 radical (unpaired) electrons. The third kappa shape index (κ3) is 2.04. The van der Waals surface area contributed by atoms with E-state index in [2.05, 4.69) is 10.3 Å². The number of fused-ring (bicyclic) bond motifs is 1. The molecule has 0 aliphatic rings. The molecule has 0 saturated heterocycles. The summed E-state index contributed by atoms with van der Waals surface area (Å²) in [6.07, 6.45) is 3.84. The Kier molecular flexibility index (Phi) is 2.87. The van der Waals surface area contributed by atoms with Crippen molar-refractivity contribution in [3.8, 4) is 0 Å². The molecule has 0 saturated carbocycles. The highest BCUT2D eigenvalue weighted by Crippen LogP contribution is 2.09. The molecule has 0 atom stereocenters. The summed E-state index contributed by atoms with van der Waals surface area (Å²) in [6.45, 7) is 2.42. The molecule has 2 aromatic heterocycles. The minimum atomic E-state index is -0.172. The average molecular weight is 218 g/mol. The van der Waals surface area contributed by atoms with Crippen molar-refractivity contribution < 1.29 is 4.79 Å². The first-order valence-corrected chi connectivity index (χ1v) is 5.10. The lowest BCUT2D eigenvalue weighted by Crippen LogP contribution is -2.29. The summed E-state index contributed by atoms with van der Waals surface area (Å²) in [5.41, 5.74) is 8.05. The number of amides is 1. The van der Waals surface area contributed by atoms with Crippen molar-refractivity contribution in [2.24, 2.45) is 5.73 Å². The van der Waals surface area contributed by atoms with Gasteiger partial charge in [0.15, 0.2) is 0 Å². The molecule has 2 heterocycles. The summed E-state index contributed by atoms with van der Waals surface area (Å²) >= 11 is 0. The van der Waals surface area contributed by atoms with Crippen molar-refractivity contribution in [3.63, 3.8) is 0 Å². The van der Waals surface area contributed by atoms with E-state index < -0.39 is 0 Å². The molecule has 0 bridgehead atoms. The van der Waals surface area contributed by atoms with E-state index in [4.69, 9.17) is 5.73 Å². The fourth-order valence-corrected chi connectivity index (χ4v) is 1.55. The van der Waals surface area contributed by atoms with Crippen LogP contribution in [0.25, 0.3) is 5.65 Å². The number of rotatable bonds is 3. The van der Waals surface area contributed by atoms with Gasteiger partial charge in [-0.25, -0.2) is 4.98 Å². The van der Waals surface area contributed by atoms with Gasteiger partial charge in [0.2, 0.25) is 5.91 Å². The molecule has 0 aliphatic carbocycles. The Balaban J connectivity index is 2.20. The number of nitrogens with two attached hydrogens (primary N) is 1. The van der Waals surface area contributed by atoms with E-state index in [0.717, 1.165) is 16.9 Å². The number of imidazole rings is 1. The van der Waals surface area contributed by atoms with Crippen LogP contribution in [0.4, 0.5) is 0 Å². The summed E-state index contributed by atoms with van der Waals surface area (Å²) in [6, 6.07) is 3.97. The summed E-state index contributed by atoms with van der Waals surface area (Å²) in [5.74, 6) is -0.172. The average Bonchev–Trinajstić information content (AvgIpc) is 2.70. The number of nitrogens with one attached hydrogen (secondary N) is 1. The molecule has 0 unspecified atom stereocenters. The molecule has 16 heavy (non-hydrogen) atoms. The Bertz CT molecular complexity index is 518. The van der Waals surface area contributed by atoms with E-state index in [9.17, 15) is 4.79 Å². The van der Waals surface area contributed by atoms with Crippen LogP contribution in [0.5, 0.6) is 0 Å². The number of hydrogen-bond acceptors (Lipinski definition) is 3. The van der Waals surface area contributed by atoms with Gasteiger partial charge >= 0.3 is 0 Å². The Morgan fingerprint density at radius 1 is 1.62 bits per heavy atom. The third-order valence-corrected chi connectivity index (χ3v) is 2.38. The zero-order chi connectivity index (χ0) is 11.5. The molecule has 2 aromatic rings. The van der Waals surface area contributed by atoms with Gasteiger partial charge in [0.1, 0.15) is 5.65 Å². The lowest BCUT2D eigenvalue weighted by molar-refractivity contribution is -0.119. The predicted octanol–water partition coefficient (Wildman–Crippen LogP) is 0.218. The maximum absolute atomic E-state index is 11.0. The quantitative estimate of drug-likeness (QED) is 0.774. The van der Waals surface area contributed by atoms with Crippen LogP contribution >= 0.6 is 0 Å². The molecular formula is C11H14N4O. The van der Waals surface area contributed by atoms with Crippen LogP contribution in [0, 0.1) is 6.92 Å². The Morgan fingerprint density at radius 3 is 3.12 bits per heavy atom. The first kappa shape index (κ1) is 10.6. The maximum atomic E-state index is 11.0. The summed E-state index contributed by atoms with van der Waals surface area (Å²) < 4.78 is 1.94. The van der Waals surface area contributed by atoms with E-state index in [-0.39, 0.29) is 12.5 Å². The SMILES string of the molecule is Cc1cccn2cc(CNC(=O)CN)nc12. The Labute approximate surface area is 93.3 Å². The third-order valence-electron chi connectivity index (χ3n) is 2.38. The van der Waals surface area contributed by atoms with Gasteiger partial charge in [0, 0.05) is 12.4 Å². The highest BCUT2D eigenvalue weighted by molar-refractivity contribution is 5.77. The largest absolute Gasteiger partial charge is 0.349 e. The van der Waals surface area contributed by atoms with Crippen molar-refractivity contribution in [2.45, 2.75) is 13.5 Å². The van der Waals surface area contributed by atoms with Gasteiger partial charge < -0.3 is 15.5 Å². The van der Waals surface area contributed by atoms with E-state index >= 15 is 0 Å². The van der Waals surface area contributed by atoms with E-state index in [1.54, 1.807) is 0 Å². The van der Waals surface area contributed by atoms with Gasteiger partial charge in [0.25, 0.3) is 0 Å². The number of pyridine rings is 1. The molecule has 0 aliphatic heterocycles. The Hall–Kier alpha value is -1.88. The van der Waals surface area contributed by atoms with Crippen LogP contribution in [0.15, 0.2) is 24.5 Å². The lowest BCUT2D eigenvalue weighted by atomic mass is 10.3. The van der Waals surface area contributed by atoms with Crippen molar-refractivity contribution in [2.75, 3.05) is 6.54 Å². The molecule has 0 aromatic carbocycles. The predicted molar refractivity (Wildman–Crippen MR) is 60.8 cm³/mol. The molecule has 3 N–H and O–H groups in total. The summed E-state index contributed by atoms with van der Waals surface area (Å²) in [5, 5.41) is 2.69. The van der Waals surface area contributed by atoms with Crippen LogP contribution in [0.1, 0.15) is 11.3 Å². The monoisotopic (exact) mass is 218 g/mol. The zero-order valence-corrected chi connectivity index (χ0v) is 9.10. The normalized spacial score (nSPS) is 10.6. The van der Waals surface area contributed by atoms with Crippen LogP contribution in [-0.4, -0.2) is 21.8 Å². The highest BCUT2D eigenvalue weighted by atomic mass is 16.1. The van der Waals surface area contributed by atoms with E-state index in [1.165, 1.54) is 0 Å². The van der Waals surface area contributed by atoms with Gasteiger partial charge in [-0.05, 0) is 18.6 Å². The number of hydrogen-bond donors (Lipinski definition) is 2. The lowest BCUT2D eigenvalue weighted by Gasteiger charge is -1.98. The second-order valence-corrected chi connectivity index (χ2v) is 3.64. The van der Waals surface area contributed by atoms with Gasteiger partial charge in [-0.15, -0.1) is 0 Å². The second kappa shape index (κ2) is 4.32. The van der Waals surface area contributed by atoms with Gasteiger partial charge in [-0.2, -0.15) is 0 Å². The Morgan fingerprint density at radius 2 is 2.44 bits per heavy atom. The van der Waals surface area contributed by atoms with Crippen molar-refractivity contribution in [1.82, 2.24) is 14.7 Å². The fraction of sp³-hybridized carbons (Fsp3) is 0.273. The van der Waals surface area contributed by atoms with Gasteiger partial charge in [-0.1, -0.05) is 6.07 Å². The zero-order valence-electron chi connectivity index (χ0n) is 9.10. The summed E-state index contributed by atoms with van der Waals surface area (Å²) in [4.78, 5) is 15.4. The van der Waals surface area contributed by atoms with Crippen LogP contribution in [-0.2, 0) is 11.3 Å². The second-order valence-electron chi connectivity index (χ2n) is 3.64. The number of carbonyl (C=O) groups excluding carboxylic acids is 1. The van der Waals surface area contributed by atoms with Crippen LogP contribution < -0.4 is 11.1 Å². The number of aryl methyl sites for hydroxylation is 1. The molecule has 2 rings (SSSR count). The fourth-order valence-electron chi connectivity index (χ4n) is 1.55. The maximum Gasteiger partial charge on any atom is 0.234 e. The van der Waals surface area contributed by atoms with Crippen molar-refractivity contribution >= 4 is 11.6 Å². The van der Waals surface area contributed by atoms with Crippen molar-refractivity contribution in [3.05, 3.63) is 35.8 Å². The number of aromatic nitrogens is 2. The minimum absolute atomic E-state index is 0.00635. The van der Waals surface area contributed by atoms with Crippen LogP contribution in [0.3, 0.4) is 0 Å². The first-order valence-electron chi connectivity index (χ1n) is 5.10. The summed E-state index contributed by atoms with van der Waals surface area (Å²) in [7, 11) is 0.